The first kappa shape index (κ1) is 22.7. The van der Waals surface area contributed by atoms with Gasteiger partial charge in [0.25, 0.3) is 5.91 Å². The lowest BCUT2D eigenvalue weighted by Gasteiger charge is -2.08. The third kappa shape index (κ3) is 5.64. The third-order valence-electron chi connectivity index (χ3n) is 5.34. The van der Waals surface area contributed by atoms with E-state index in [1.807, 2.05) is 61.5 Å². The molecule has 0 saturated heterocycles. The molecule has 0 heterocycles. The number of rotatable bonds is 7. The summed E-state index contributed by atoms with van der Waals surface area (Å²) in [7, 11) is 0. The number of aryl methyl sites for hydroxylation is 1. The molecule has 0 aliphatic heterocycles. The van der Waals surface area contributed by atoms with E-state index in [4.69, 9.17) is 4.74 Å². The van der Waals surface area contributed by atoms with E-state index in [1.165, 1.54) is 0 Å². The first-order valence-electron chi connectivity index (χ1n) is 10.8. The molecule has 0 spiro atoms. The maximum Gasteiger partial charge on any atom is 0.338 e. The van der Waals surface area contributed by atoms with Gasteiger partial charge in [-0.25, -0.2) is 4.79 Å². The number of carbonyl (C=O) groups excluding carboxylic acids is 3. The quantitative estimate of drug-likeness (QED) is 0.279. The first-order chi connectivity index (χ1) is 16.5. The monoisotopic (exact) mass is 449 g/mol. The number of benzene rings is 4. The van der Waals surface area contributed by atoms with E-state index in [-0.39, 0.29) is 18.3 Å². The summed E-state index contributed by atoms with van der Waals surface area (Å²) in [5.74, 6) is -1.13. The van der Waals surface area contributed by atoms with Crippen molar-refractivity contribution in [2.24, 2.45) is 0 Å². The highest BCUT2D eigenvalue weighted by molar-refractivity contribution is 6.04. The SMILES string of the molecule is Cc1ccc(C(=O)Nc2ccc(C(=O)OCC(=O)c3ccc(-c4ccccc4)cc3)cc2)cc1. The Morgan fingerprint density at radius 3 is 1.85 bits per heavy atom. The van der Waals surface area contributed by atoms with Crippen LogP contribution in [0.3, 0.4) is 0 Å². The highest BCUT2D eigenvalue weighted by atomic mass is 16.5. The molecule has 34 heavy (non-hydrogen) atoms. The lowest BCUT2D eigenvalue weighted by molar-refractivity contribution is 0.0475. The minimum atomic E-state index is -0.606. The van der Waals surface area contributed by atoms with Gasteiger partial charge in [0, 0.05) is 16.8 Å². The lowest BCUT2D eigenvalue weighted by Crippen LogP contribution is -2.15. The van der Waals surface area contributed by atoms with Crippen LogP contribution in [0.2, 0.25) is 0 Å². The summed E-state index contributed by atoms with van der Waals surface area (Å²) in [5.41, 5.74) is 5.00. The predicted octanol–water partition coefficient (Wildman–Crippen LogP) is 5.95. The van der Waals surface area contributed by atoms with Crippen LogP contribution in [0, 0.1) is 6.92 Å². The number of carbonyl (C=O) groups is 3. The second kappa shape index (κ2) is 10.4. The first-order valence-corrected chi connectivity index (χ1v) is 10.8. The van der Waals surface area contributed by atoms with Crippen LogP contribution in [-0.2, 0) is 4.74 Å². The second-order valence-corrected chi connectivity index (χ2v) is 7.84. The fraction of sp³-hybridized carbons (Fsp3) is 0.0690. The average Bonchev–Trinajstić information content (AvgIpc) is 2.88. The standard InChI is InChI=1S/C29H23NO4/c1-20-7-9-24(10-8-20)28(32)30-26-17-15-25(16-18-26)29(33)34-19-27(31)23-13-11-22(12-14-23)21-5-3-2-4-6-21/h2-18H,19H2,1H3,(H,30,32). The molecule has 4 rings (SSSR count). The van der Waals surface area contributed by atoms with Crippen molar-refractivity contribution in [3.05, 3.63) is 125 Å². The molecule has 0 unspecified atom stereocenters. The smallest absolute Gasteiger partial charge is 0.338 e. The number of anilines is 1. The fourth-order valence-corrected chi connectivity index (χ4v) is 3.37. The van der Waals surface area contributed by atoms with Gasteiger partial charge in [-0.3, -0.25) is 9.59 Å². The van der Waals surface area contributed by atoms with E-state index >= 15 is 0 Å². The normalized spacial score (nSPS) is 10.4. The van der Waals surface area contributed by atoms with Gasteiger partial charge in [-0.05, 0) is 54.4 Å². The summed E-state index contributed by atoms with van der Waals surface area (Å²) < 4.78 is 5.18. The van der Waals surface area contributed by atoms with Crippen molar-refractivity contribution in [3.8, 4) is 11.1 Å². The molecule has 1 amide bonds. The molecule has 0 aromatic heterocycles. The van der Waals surface area contributed by atoms with Crippen molar-refractivity contribution in [3.63, 3.8) is 0 Å². The van der Waals surface area contributed by atoms with Crippen molar-refractivity contribution in [1.29, 1.82) is 0 Å². The Bertz CT molecular complexity index is 1290. The number of hydrogen-bond donors (Lipinski definition) is 1. The van der Waals surface area contributed by atoms with Gasteiger partial charge in [-0.2, -0.15) is 0 Å². The topological polar surface area (TPSA) is 72.5 Å². The van der Waals surface area contributed by atoms with E-state index < -0.39 is 5.97 Å². The van der Waals surface area contributed by atoms with Gasteiger partial charge in [0.1, 0.15) is 0 Å². The van der Waals surface area contributed by atoms with E-state index in [0.29, 0.717) is 22.4 Å². The maximum absolute atomic E-state index is 12.4. The largest absolute Gasteiger partial charge is 0.454 e. The molecule has 0 fully saturated rings. The minimum absolute atomic E-state index is 0.237. The second-order valence-electron chi connectivity index (χ2n) is 7.84. The lowest BCUT2D eigenvalue weighted by atomic mass is 10.0. The maximum atomic E-state index is 12.4. The Morgan fingerprint density at radius 1 is 0.647 bits per heavy atom. The third-order valence-corrected chi connectivity index (χ3v) is 5.34. The van der Waals surface area contributed by atoms with Crippen molar-refractivity contribution in [2.45, 2.75) is 6.92 Å². The molecule has 1 N–H and O–H groups in total. The van der Waals surface area contributed by atoms with Gasteiger partial charge in [0.15, 0.2) is 12.4 Å². The highest BCUT2D eigenvalue weighted by Crippen LogP contribution is 2.19. The van der Waals surface area contributed by atoms with E-state index in [1.54, 1.807) is 48.5 Å². The summed E-state index contributed by atoms with van der Waals surface area (Å²) in [4.78, 5) is 37.1. The molecule has 5 heteroatoms. The van der Waals surface area contributed by atoms with Gasteiger partial charge in [-0.1, -0.05) is 72.3 Å². The van der Waals surface area contributed by atoms with Crippen LogP contribution in [0.5, 0.6) is 0 Å². The molecule has 0 atom stereocenters. The summed E-state index contributed by atoms with van der Waals surface area (Å²) in [5, 5.41) is 2.79. The van der Waals surface area contributed by atoms with Gasteiger partial charge in [0.2, 0.25) is 0 Å². The van der Waals surface area contributed by atoms with E-state index in [9.17, 15) is 14.4 Å². The number of ketones is 1. The molecule has 0 radical (unpaired) electrons. The summed E-state index contributed by atoms with van der Waals surface area (Å²) in [6.07, 6.45) is 0. The average molecular weight is 450 g/mol. The van der Waals surface area contributed by atoms with Gasteiger partial charge in [-0.15, -0.1) is 0 Å². The van der Waals surface area contributed by atoms with Gasteiger partial charge >= 0.3 is 5.97 Å². The molecule has 0 bridgehead atoms. The zero-order chi connectivity index (χ0) is 23.9. The van der Waals surface area contributed by atoms with Crippen LogP contribution in [0.25, 0.3) is 11.1 Å². The summed E-state index contributed by atoms with van der Waals surface area (Å²) in [6, 6.07) is 30.6. The van der Waals surface area contributed by atoms with Crippen LogP contribution in [-0.4, -0.2) is 24.3 Å². The number of nitrogens with one attached hydrogen (secondary N) is 1. The molecular weight excluding hydrogens is 426 g/mol. The highest BCUT2D eigenvalue weighted by Gasteiger charge is 2.13. The predicted molar refractivity (Wildman–Crippen MR) is 132 cm³/mol. The van der Waals surface area contributed by atoms with Crippen LogP contribution in [0.1, 0.15) is 36.6 Å². The van der Waals surface area contributed by atoms with Gasteiger partial charge in [0.05, 0.1) is 5.56 Å². The van der Waals surface area contributed by atoms with E-state index in [0.717, 1.165) is 16.7 Å². The number of esters is 1. The van der Waals surface area contributed by atoms with Crippen LogP contribution in [0.15, 0.2) is 103 Å². The molecule has 168 valence electrons. The number of hydrogen-bond acceptors (Lipinski definition) is 4. The molecule has 4 aromatic carbocycles. The van der Waals surface area contributed by atoms with Crippen LogP contribution >= 0.6 is 0 Å². The zero-order valence-electron chi connectivity index (χ0n) is 18.7. The van der Waals surface area contributed by atoms with Crippen molar-refractivity contribution in [2.75, 3.05) is 11.9 Å². The summed E-state index contributed by atoms with van der Waals surface area (Å²) in [6.45, 7) is 1.60. The minimum Gasteiger partial charge on any atom is -0.454 e. The Morgan fingerprint density at radius 2 is 1.21 bits per heavy atom. The summed E-state index contributed by atoms with van der Waals surface area (Å²) >= 11 is 0. The number of ether oxygens (including phenoxy) is 1. The van der Waals surface area contributed by atoms with Crippen LogP contribution in [0.4, 0.5) is 5.69 Å². The molecule has 0 aliphatic carbocycles. The fourth-order valence-electron chi connectivity index (χ4n) is 3.37. The zero-order valence-corrected chi connectivity index (χ0v) is 18.7. The Balaban J connectivity index is 1.31. The van der Waals surface area contributed by atoms with E-state index in [2.05, 4.69) is 5.32 Å². The molecule has 5 nitrogen and oxygen atoms in total. The molecule has 0 aliphatic rings. The Kier molecular flexibility index (Phi) is 6.94. The van der Waals surface area contributed by atoms with Crippen molar-refractivity contribution in [1.82, 2.24) is 0 Å². The Labute approximate surface area is 198 Å². The molecule has 0 saturated carbocycles. The van der Waals surface area contributed by atoms with Gasteiger partial charge < -0.3 is 10.1 Å². The van der Waals surface area contributed by atoms with Crippen LogP contribution < -0.4 is 5.32 Å². The molecular formula is C29H23NO4. The number of Topliss-reactive ketones (excluding diaryl/α,β-unsaturated/α-hetero) is 1. The number of amides is 1. The molecule has 4 aromatic rings. The van der Waals surface area contributed by atoms with Crippen molar-refractivity contribution >= 4 is 23.3 Å². The Hall–Kier alpha value is -4.51. The van der Waals surface area contributed by atoms with Crippen molar-refractivity contribution < 1.29 is 19.1 Å².